The van der Waals surface area contributed by atoms with Crippen LogP contribution >= 0.6 is 34.5 Å². The largest absolute Gasteiger partial charge is 0.456 e. The lowest BCUT2D eigenvalue weighted by atomic mass is 10.2. The van der Waals surface area contributed by atoms with Gasteiger partial charge in [0.15, 0.2) is 6.61 Å². The molecular weight excluding hydrogens is 373 g/mol. The van der Waals surface area contributed by atoms with Gasteiger partial charge in [-0.15, -0.1) is 11.3 Å². The first-order valence-corrected chi connectivity index (χ1v) is 8.45. The van der Waals surface area contributed by atoms with E-state index in [9.17, 15) is 14.4 Å². The summed E-state index contributed by atoms with van der Waals surface area (Å²) in [6.45, 7) is 1.07. The van der Waals surface area contributed by atoms with E-state index in [0.29, 0.717) is 19.8 Å². The predicted molar refractivity (Wildman–Crippen MR) is 93.0 cm³/mol. The number of ether oxygens (including phenoxy) is 1. The zero-order valence-electron chi connectivity index (χ0n) is 12.5. The molecule has 5 nitrogen and oxygen atoms in total. The van der Waals surface area contributed by atoms with E-state index in [2.05, 4.69) is 5.32 Å². The third-order valence-corrected chi connectivity index (χ3v) is 4.53. The highest BCUT2D eigenvalue weighted by Gasteiger charge is 2.20. The molecule has 1 atom stereocenters. The maximum Gasteiger partial charge on any atom is 0.328 e. The van der Waals surface area contributed by atoms with Gasteiger partial charge in [-0.25, -0.2) is 4.79 Å². The smallest absolute Gasteiger partial charge is 0.328 e. The van der Waals surface area contributed by atoms with E-state index in [-0.39, 0.29) is 5.78 Å². The molecule has 0 bridgehead atoms. The van der Waals surface area contributed by atoms with Crippen molar-refractivity contribution < 1.29 is 19.1 Å². The van der Waals surface area contributed by atoms with Crippen LogP contribution in [0, 0.1) is 0 Å². The second-order valence-electron chi connectivity index (χ2n) is 4.84. The van der Waals surface area contributed by atoms with Gasteiger partial charge in [0.05, 0.1) is 9.21 Å². The molecule has 2 rings (SSSR count). The summed E-state index contributed by atoms with van der Waals surface area (Å²) in [6, 6.07) is 8.49. The van der Waals surface area contributed by atoms with Crippen molar-refractivity contribution in [3.8, 4) is 0 Å². The molecule has 0 unspecified atom stereocenters. The highest BCUT2D eigenvalue weighted by molar-refractivity contribution is 7.18. The molecule has 0 radical (unpaired) electrons. The van der Waals surface area contributed by atoms with Gasteiger partial charge in [-0.3, -0.25) is 9.59 Å². The van der Waals surface area contributed by atoms with Crippen LogP contribution in [0.25, 0.3) is 0 Å². The Hall–Kier alpha value is -1.89. The van der Waals surface area contributed by atoms with Crippen LogP contribution in [0.3, 0.4) is 0 Å². The van der Waals surface area contributed by atoms with E-state index in [1.807, 2.05) is 0 Å². The van der Waals surface area contributed by atoms with Crippen LogP contribution in [0.4, 0.5) is 0 Å². The summed E-state index contributed by atoms with van der Waals surface area (Å²) in [5.74, 6) is -1.49. The van der Waals surface area contributed by atoms with Crippen LogP contribution in [0.2, 0.25) is 9.36 Å². The molecule has 0 fully saturated rings. The van der Waals surface area contributed by atoms with Crippen molar-refractivity contribution in [3.05, 3.63) is 56.2 Å². The molecule has 8 heteroatoms. The fourth-order valence-electron chi connectivity index (χ4n) is 1.74. The Morgan fingerprint density at radius 3 is 2.38 bits per heavy atom. The molecule has 1 aromatic carbocycles. The van der Waals surface area contributed by atoms with Crippen LogP contribution in [0.5, 0.6) is 0 Å². The highest BCUT2D eigenvalue weighted by Crippen LogP contribution is 2.21. The number of benzene rings is 1. The third kappa shape index (κ3) is 5.06. The van der Waals surface area contributed by atoms with E-state index in [1.165, 1.54) is 6.92 Å². The lowest BCUT2D eigenvalue weighted by Gasteiger charge is -2.13. The summed E-state index contributed by atoms with van der Waals surface area (Å²) in [6.07, 6.45) is 0. The molecule has 0 aliphatic rings. The Morgan fingerprint density at radius 1 is 1.12 bits per heavy atom. The molecule has 0 aliphatic heterocycles. The Morgan fingerprint density at radius 2 is 1.79 bits per heavy atom. The van der Waals surface area contributed by atoms with Crippen molar-refractivity contribution in [3.63, 3.8) is 0 Å². The topological polar surface area (TPSA) is 72.5 Å². The molecule has 2 aromatic rings. The minimum absolute atomic E-state index is 0.350. The summed E-state index contributed by atoms with van der Waals surface area (Å²) in [5.41, 5.74) is 0.364. The first kappa shape index (κ1) is 18.4. The lowest BCUT2D eigenvalue weighted by molar-refractivity contribution is -0.144. The van der Waals surface area contributed by atoms with E-state index in [1.54, 1.807) is 36.4 Å². The number of hydrogen-bond donors (Lipinski definition) is 1. The van der Waals surface area contributed by atoms with Gasteiger partial charge in [-0.1, -0.05) is 23.2 Å². The SMILES string of the molecule is C[C@H](NC(=O)c1ccc(Cl)cc1)C(=O)OCC(=O)c1ccc(Cl)s1. The van der Waals surface area contributed by atoms with Gasteiger partial charge in [0.2, 0.25) is 5.78 Å². The highest BCUT2D eigenvalue weighted by atomic mass is 35.5. The lowest BCUT2D eigenvalue weighted by Crippen LogP contribution is -2.40. The van der Waals surface area contributed by atoms with E-state index in [4.69, 9.17) is 27.9 Å². The number of esters is 1. The molecule has 0 spiro atoms. The number of thiophene rings is 1. The molecule has 24 heavy (non-hydrogen) atoms. The van der Waals surface area contributed by atoms with Crippen molar-refractivity contribution in [2.75, 3.05) is 6.61 Å². The molecule has 0 saturated heterocycles. The number of carbonyl (C=O) groups excluding carboxylic acids is 3. The second-order valence-corrected chi connectivity index (χ2v) is 6.99. The number of nitrogens with one attached hydrogen (secondary N) is 1. The van der Waals surface area contributed by atoms with Gasteiger partial charge in [-0.2, -0.15) is 0 Å². The first-order valence-electron chi connectivity index (χ1n) is 6.88. The van der Waals surface area contributed by atoms with Crippen molar-refractivity contribution in [1.29, 1.82) is 0 Å². The fourth-order valence-corrected chi connectivity index (χ4v) is 2.83. The third-order valence-electron chi connectivity index (χ3n) is 3.00. The van der Waals surface area contributed by atoms with Gasteiger partial charge in [0, 0.05) is 10.6 Å². The molecule has 1 N–H and O–H groups in total. The molecular formula is C16H13Cl2NO4S. The summed E-state index contributed by atoms with van der Waals surface area (Å²) in [7, 11) is 0. The van der Waals surface area contributed by atoms with Crippen molar-refractivity contribution in [2.45, 2.75) is 13.0 Å². The van der Waals surface area contributed by atoms with Crippen LogP contribution in [0.1, 0.15) is 27.0 Å². The maximum absolute atomic E-state index is 12.0. The van der Waals surface area contributed by atoms with E-state index < -0.39 is 24.5 Å². The summed E-state index contributed by atoms with van der Waals surface area (Å²) in [5, 5.41) is 3.00. The number of amides is 1. The van der Waals surface area contributed by atoms with E-state index in [0.717, 1.165) is 11.3 Å². The van der Waals surface area contributed by atoms with E-state index >= 15 is 0 Å². The Kier molecular flexibility index (Phi) is 6.36. The zero-order valence-corrected chi connectivity index (χ0v) is 14.9. The van der Waals surface area contributed by atoms with Crippen LogP contribution < -0.4 is 5.32 Å². The van der Waals surface area contributed by atoms with Crippen molar-refractivity contribution in [2.24, 2.45) is 0 Å². The Bertz CT molecular complexity index is 758. The number of hydrogen-bond acceptors (Lipinski definition) is 5. The minimum atomic E-state index is -0.895. The summed E-state index contributed by atoms with van der Waals surface area (Å²) < 4.78 is 5.40. The predicted octanol–water partition coefficient (Wildman–Crippen LogP) is 3.60. The number of rotatable bonds is 6. The van der Waals surface area contributed by atoms with Crippen LogP contribution in [-0.2, 0) is 9.53 Å². The molecule has 1 heterocycles. The molecule has 126 valence electrons. The first-order chi connectivity index (χ1) is 11.4. The average molecular weight is 386 g/mol. The molecule has 1 amide bonds. The number of halogens is 2. The normalized spacial score (nSPS) is 11.6. The second kappa shape index (κ2) is 8.28. The zero-order chi connectivity index (χ0) is 17.7. The van der Waals surface area contributed by atoms with Crippen LogP contribution in [0.15, 0.2) is 36.4 Å². The monoisotopic (exact) mass is 385 g/mol. The van der Waals surface area contributed by atoms with Gasteiger partial charge in [0.25, 0.3) is 5.91 Å². The fraction of sp³-hybridized carbons (Fsp3) is 0.188. The maximum atomic E-state index is 12.0. The number of Topliss-reactive ketones (excluding diaryl/α,β-unsaturated/α-hetero) is 1. The standard InChI is InChI=1S/C16H13Cl2NO4S/c1-9(19-15(21)10-2-4-11(17)5-3-10)16(22)23-8-12(20)13-6-7-14(18)24-13/h2-7,9H,8H2,1H3,(H,19,21)/t9-/m0/s1. The van der Waals surface area contributed by atoms with Crippen molar-refractivity contribution >= 4 is 52.2 Å². The number of ketones is 1. The van der Waals surface area contributed by atoms with Crippen LogP contribution in [-0.4, -0.2) is 30.3 Å². The van der Waals surface area contributed by atoms with Gasteiger partial charge < -0.3 is 10.1 Å². The average Bonchev–Trinajstić information content (AvgIpc) is 2.99. The number of carbonyl (C=O) groups is 3. The van der Waals surface area contributed by atoms with Crippen molar-refractivity contribution in [1.82, 2.24) is 5.32 Å². The molecule has 1 aromatic heterocycles. The Labute approximate surface area is 152 Å². The summed E-state index contributed by atoms with van der Waals surface area (Å²) >= 11 is 12.6. The molecule has 0 aliphatic carbocycles. The quantitative estimate of drug-likeness (QED) is 0.608. The van der Waals surface area contributed by atoms with Gasteiger partial charge in [0.1, 0.15) is 6.04 Å². The van der Waals surface area contributed by atoms with Gasteiger partial charge in [-0.05, 0) is 43.3 Å². The summed E-state index contributed by atoms with van der Waals surface area (Å²) in [4.78, 5) is 36.1. The van der Waals surface area contributed by atoms with Gasteiger partial charge >= 0.3 is 5.97 Å². The molecule has 0 saturated carbocycles. The minimum Gasteiger partial charge on any atom is -0.456 e. The Balaban J connectivity index is 1.84.